The zero-order valence-corrected chi connectivity index (χ0v) is 7.81. The lowest BCUT2D eigenvalue weighted by Crippen LogP contribution is -1.92. The Hall–Kier alpha value is -2.00. The van der Waals surface area contributed by atoms with E-state index in [1.54, 1.807) is 12.3 Å². The van der Waals surface area contributed by atoms with E-state index < -0.39 is 0 Å². The largest absolute Gasteiger partial charge is 0.481 e. The van der Waals surface area contributed by atoms with E-state index in [4.69, 9.17) is 14.3 Å². The van der Waals surface area contributed by atoms with Gasteiger partial charge in [0.15, 0.2) is 6.29 Å². The maximum Gasteiger partial charge on any atom is 0.373 e. The maximum absolute atomic E-state index is 10.4. The van der Waals surface area contributed by atoms with Crippen molar-refractivity contribution in [3.8, 4) is 5.88 Å². The standard InChI is InChI=1S/C8H9NO2.CO2/c1-6-4-9-8(11-2)3-7(6)5-10;2-1-3/h3-5H,1-2H3;. The summed E-state index contributed by atoms with van der Waals surface area (Å²) in [7, 11) is 1.52. The molecule has 0 aromatic carbocycles. The molecular formula is C9H9NO4. The lowest BCUT2D eigenvalue weighted by atomic mass is 10.2. The van der Waals surface area contributed by atoms with Crippen LogP contribution in [0.4, 0.5) is 0 Å². The van der Waals surface area contributed by atoms with Crippen LogP contribution in [0.3, 0.4) is 0 Å². The number of rotatable bonds is 2. The fourth-order valence-corrected chi connectivity index (χ4v) is 0.758. The zero-order chi connectivity index (χ0) is 11.0. The molecule has 1 aromatic rings. The number of hydrogen-bond acceptors (Lipinski definition) is 5. The third kappa shape index (κ3) is 3.60. The Labute approximate surface area is 80.7 Å². The van der Waals surface area contributed by atoms with Crippen LogP contribution in [0.2, 0.25) is 0 Å². The van der Waals surface area contributed by atoms with Crippen molar-refractivity contribution in [2.45, 2.75) is 6.92 Å². The third-order valence-electron chi connectivity index (χ3n) is 1.46. The van der Waals surface area contributed by atoms with E-state index in [1.165, 1.54) is 7.11 Å². The van der Waals surface area contributed by atoms with Crippen molar-refractivity contribution >= 4 is 12.4 Å². The smallest absolute Gasteiger partial charge is 0.373 e. The predicted molar refractivity (Wildman–Crippen MR) is 45.9 cm³/mol. The number of carbonyl (C=O) groups is 1. The molecular weight excluding hydrogens is 186 g/mol. The highest BCUT2D eigenvalue weighted by molar-refractivity contribution is 5.77. The first-order valence-corrected chi connectivity index (χ1v) is 3.64. The van der Waals surface area contributed by atoms with Crippen LogP contribution in [0, 0.1) is 6.92 Å². The second-order valence-corrected chi connectivity index (χ2v) is 2.28. The predicted octanol–water partition coefficient (Wildman–Crippen LogP) is 0.628. The number of methoxy groups -OCH3 is 1. The van der Waals surface area contributed by atoms with Crippen LogP contribution in [0.1, 0.15) is 15.9 Å². The number of aldehydes is 1. The number of hydrogen-bond donors (Lipinski definition) is 0. The molecule has 0 bridgehead atoms. The molecule has 0 amide bonds. The quantitative estimate of drug-likeness (QED) is 0.647. The summed E-state index contributed by atoms with van der Waals surface area (Å²) in [6, 6.07) is 1.61. The fourth-order valence-electron chi connectivity index (χ4n) is 0.758. The van der Waals surface area contributed by atoms with Crippen LogP contribution in [0.25, 0.3) is 0 Å². The van der Waals surface area contributed by atoms with Gasteiger partial charge >= 0.3 is 6.15 Å². The second kappa shape index (κ2) is 6.51. The lowest BCUT2D eigenvalue weighted by Gasteiger charge is -2.00. The van der Waals surface area contributed by atoms with Crippen molar-refractivity contribution in [3.63, 3.8) is 0 Å². The van der Waals surface area contributed by atoms with Gasteiger partial charge in [-0.2, -0.15) is 9.59 Å². The highest BCUT2D eigenvalue weighted by Gasteiger charge is 1.98. The van der Waals surface area contributed by atoms with E-state index in [0.29, 0.717) is 11.4 Å². The number of aryl methyl sites for hydroxylation is 1. The van der Waals surface area contributed by atoms with Crippen molar-refractivity contribution in [2.24, 2.45) is 0 Å². The van der Waals surface area contributed by atoms with Gasteiger partial charge in [0.2, 0.25) is 5.88 Å². The van der Waals surface area contributed by atoms with E-state index in [2.05, 4.69) is 4.98 Å². The van der Waals surface area contributed by atoms with Gasteiger partial charge in [0.05, 0.1) is 7.11 Å². The van der Waals surface area contributed by atoms with Crippen molar-refractivity contribution in [1.29, 1.82) is 0 Å². The summed E-state index contributed by atoms with van der Waals surface area (Å²) < 4.78 is 4.84. The molecule has 0 aliphatic rings. The first kappa shape index (κ1) is 12.0. The summed E-state index contributed by atoms with van der Waals surface area (Å²) in [5.74, 6) is 0.470. The summed E-state index contributed by atoms with van der Waals surface area (Å²) in [5, 5.41) is 0. The molecule has 14 heavy (non-hydrogen) atoms. The average Bonchev–Trinajstić information content (AvgIpc) is 2.20. The normalized spacial score (nSPS) is 7.86. The van der Waals surface area contributed by atoms with Gasteiger partial charge in [0, 0.05) is 17.8 Å². The van der Waals surface area contributed by atoms with Crippen molar-refractivity contribution in [2.75, 3.05) is 7.11 Å². The fraction of sp³-hybridized carbons (Fsp3) is 0.222. The van der Waals surface area contributed by atoms with Crippen LogP contribution in [0.15, 0.2) is 12.3 Å². The van der Waals surface area contributed by atoms with Crippen LogP contribution in [-0.2, 0) is 9.59 Å². The van der Waals surface area contributed by atoms with Crippen molar-refractivity contribution in [1.82, 2.24) is 4.98 Å². The highest BCUT2D eigenvalue weighted by atomic mass is 16.5. The zero-order valence-electron chi connectivity index (χ0n) is 7.81. The van der Waals surface area contributed by atoms with E-state index in [1.807, 2.05) is 6.92 Å². The van der Waals surface area contributed by atoms with E-state index in [-0.39, 0.29) is 6.15 Å². The molecule has 0 atom stereocenters. The minimum atomic E-state index is 0.250. The van der Waals surface area contributed by atoms with Gasteiger partial charge in [-0.25, -0.2) is 4.98 Å². The first-order chi connectivity index (χ1) is 6.69. The molecule has 0 aliphatic carbocycles. The molecule has 1 aromatic heterocycles. The Kier molecular flexibility index (Phi) is 5.58. The third-order valence-corrected chi connectivity index (χ3v) is 1.46. The molecule has 0 radical (unpaired) electrons. The SMILES string of the molecule is COc1cc(C=O)c(C)cn1.O=C=O. The molecule has 0 unspecified atom stereocenters. The molecule has 0 spiro atoms. The number of carbonyl (C=O) groups excluding carboxylic acids is 3. The summed E-state index contributed by atoms with van der Waals surface area (Å²) in [6.45, 7) is 1.83. The van der Waals surface area contributed by atoms with Gasteiger partial charge in [0.1, 0.15) is 0 Å². The lowest BCUT2D eigenvalue weighted by molar-refractivity contribution is -0.191. The van der Waals surface area contributed by atoms with Gasteiger partial charge < -0.3 is 4.74 Å². The van der Waals surface area contributed by atoms with E-state index in [9.17, 15) is 4.79 Å². The van der Waals surface area contributed by atoms with Crippen LogP contribution in [0.5, 0.6) is 5.88 Å². The molecule has 0 saturated heterocycles. The van der Waals surface area contributed by atoms with E-state index >= 15 is 0 Å². The molecule has 0 fully saturated rings. The Morgan fingerprint density at radius 2 is 2.07 bits per heavy atom. The number of ether oxygens (including phenoxy) is 1. The van der Waals surface area contributed by atoms with Crippen molar-refractivity contribution in [3.05, 3.63) is 23.4 Å². The molecule has 1 heterocycles. The van der Waals surface area contributed by atoms with Crippen LogP contribution < -0.4 is 4.74 Å². The minimum absolute atomic E-state index is 0.250. The number of pyridine rings is 1. The van der Waals surface area contributed by atoms with Crippen LogP contribution in [-0.4, -0.2) is 24.5 Å². The molecule has 0 N–H and O–H groups in total. The Morgan fingerprint density at radius 1 is 1.50 bits per heavy atom. The molecule has 0 aliphatic heterocycles. The maximum atomic E-state index is 10.4. The monoisotopic (exact) mass is 195 g/mol. The summed E-state index contributed by atoms with van der Waals surface area (Å²) >= 11 is 0. The first-order valence-electron chi connectivity index (χ1n) is 3.64. The minimum Gasteiger partial charge on any atom is -0.481 e. The topological polar surface area (TPSA) is 73.3 Å². The molecule has 1 rings (SSSR count). The van der Waals surface area contributed by atoms with Gasteiger partial charge in [-0.3, -0.25) is 4.79 Å². The molecule has 5 heteroatoms. The van der Waals surface area contributed by atoms with Gasteiger partial charge in [0.25, 0.3) is 0 Å². The van der Waals surface area contributed by atoms with Gasteiger partial charge in [-0.05, 0) is 12.5 Å². The van der Waals surface area contributed by atoms with Crippen LogP contribution >= 0.6 is 0 Å². The molecule has 0 saturated carbocycles. The Balaban J connectivity index is 0.000000500. The Bertz CT molecular complexity index is 343. The van der Waals surface area contributed by atoms with Gasteiger partial charge in [-0.15, -0.1) is 0 Å². The summed E-state index contributed by atoms with van der Waals surface area (Å²) in [4.78, 5) is 30.6. The summed E-state index contributed by atoms with van der Waals surface area (Å²) in [5.41, 5.74) is 1.48. The molecule has 5 nitrogen and oxygen atoms in total. The second-order valence-electron chi connectivity index (χ2n) is 2.28. The number of aromatic nitrogens is 1. The van der Waals surface area contributed by atoms with E-state index in [0.717, 1.165) is 11.8 Å². The summed E-state index contributed by atoms with van der Waals surface area (Å²) in [6.07, 6.45) is 2.65. The average molecular weight is 195 g/mol. The van der Waals surface area contributed by atoms with Crippen molar-refractivity contribution < 1.29 is 19.1 Å². The molecule has 74 valence electrons. The van der Waals surface area contributed by atoms with Gasteiger partial charge in [-0.1, -0.05) is 0 Å². The Morgan fingerprint density at radius 3 is 2.50 bits per heavy atom. The highest BCUT2D eigenvalue weighted by Crippen LogP contribution is 2.10. The number of nitrogens with zero attached hydrogens (tertiary/aromatic N) is 1.